The van der Waals surface area contributed by atoms with E-state index in [1.165, 1.54) is 6.92 Å². The number of ether oxygens (including phenoxy) is 1. The number of nitrogens with zero attached hydrogens (tertiary/aromatic N) is 2. The van der Waals surface area contributed by atoms with Crippen LogP contribution in [-0.2, 0) is 16.1 Å². The van der Waals surface area contributed by atoms with Crippen LogP contribution in [0.3, 0.4) is 0 Å². The first-order valence-corrected chi connectivity index (χ1v) is 5.78. The van der Waals surface area contributed by atoms with Crippen LogP contribution < -0.4 is 10.2 Å². The third kappa shape index (κ3) is 3.42. The highest BCUT2D eigenvalue weighted by Crippen LogP contribution is 2.14. The summed E-state index contributed by atoms with van der Waals surface area (Å²) in [4.78, 5) is 17.4. The third-order valence-electron chi connectivity index (χ3n) is 2.69. The van der Waals surface area contributed by atoms with Crippen LogP contribution in [-0.4, -0.2) is 37.2 Å². The van der Waals surface area contributed by atoms with Crippen molar-refractivity contribution in [2.45, 2.75) is 13.5 Å². The average Bonchev–Trinajstić information content (AvgIpc) is 2.38. The Bertz CT molecular complexity index is 389. The van der Waals surface area contributed by atoms with Crippen LogP contribution in [0, 0.1) is 0 Å². The summed E-state index contributed by atoms with van der Waals surface area (Å²) in [5.74, 6) is 0.936. The maximum Gasteiger partial charge on any atom is 0.217 e. The standard InChI is InChI=1S/C12H17N3O2/c1-10(16)14-9-11-2-3-13-12(8-11)15-4-6-17-7-5-15/h2-3,8H,4-7,9H2,1H3,(H,14,16). The molecule has 2 heterocycles. The summed E-state index contributed by atoms with van der Waals surface area (Å²) in [6.07, 6.45) is 1.78. The average molecular weight is 235 g/mol. The van der Waals surface area contributed by atoms with Gasteiger partial charge in [-0.15, -0.1) is 0 Å². The monoisotopic (exact) mass is 235 g/mol. The molecule has 1 aliphatic heterocycles. The van der Waals surface area contributed by atoms with Crippen LogP contribution in [0.1, 0.15) is 12.5 Å². The molecule has 0 aromatic carbocycles. The molecule has 0 unspecified atom stereocenters. The third-order valence-corrected chi connectivity index (χ3v) is 2.69. The molecule has 0 radical (unpaired) electrons. The number of anilines is 1. The Morgan fingerprint density at radius 3 is 3.00 bits per heavy atom. The molecule has 0 aliphatic carbocycles. The zero-order valence-electron chi connectivity index (χ0n) is 9.98. The van der Waals surface area contributed by atoms with Crippen molar-refractivity contribution in [3.63, 3.8) is 0 Å². The molecule has 92 valence electrons. The highest BCUT2D eigenvalue weighted by Gasteiger charge is 2.12. The normalized spacial score (nSPS) is 15.7. The number of hydrogen-bond donors (Lipinski definition) is 1. The second-order valence-electron chi connectivity index (χ2n) is 4.03. The second-order valence-corrected chi connectivity index (χ2v) is 4.03. The number of hydrogen-bond acceptors (Lipinski definition) is 4. The van der Waals surface area contributed by atoms with Gasteiger partial charge in [0.25, 0.3) is 0 Å². The van der Waals surface area contributed by atoms with Crippen LogP contribution in [0.25, 0.3) is 0 Å². The number of rotatable bonds is 3. The van der Waals surface area contributed by atoms with Crippen molar-refractivity contribution in [1.82, 2.24) is 10.3 Å². The minimum atomic E-state index is -0.0188. The fourth-order valence-electron chi connectivity index (χ4n) is 1.76. The Morgan fingerprint density at radius 1 is 1.53 bits per heavy atom. The predicted octanol–water partition coefficient (Wildman–Crippen LogP) is 0.554. The van der Waals surface area contributed by atoms with E-state index in [2.05, 4.69) is 15.2 Å². The van der Waals surface area contributed by atoms with Crippen molar-refractivity contribution >= 4 is 11.7 Å². The van der Waals surface area contributed by atoms with Gasteiger partial charge in [-0.1, -0.05) is 0 Å². The van der Waals surface area contributed by atoms with E-state index < -0.39 is 0 Å². The first-order valence-electron chi connectivity index (χ1n) is 5.78. The molecule has 1 N–H and O–H groups in total. The molecule has 1 aromatic heterocycles. The van der Waals surface area contributed by atoms with Crippen molar-refractivity contribution in [3.8, 4) is 0 Å². The zero-order valence-corrected chi connectivity index (χ0v) is 9.98. The number of aromatic nitrogens is 1. The summed E-state index contributed by atoms with van der Waals surface area (Å²) in [7, 11) is 0. The van der Waals surface area contributed by atoms with Crippen LogP contribution in [0.2, 0.25) is 0 Å². The Labute approximate surface area is 101 Å². The molecule has 0 atom stereocenters. The van der Waals surface area contributed by atoms with Gasteiger partial charge < -0.3 is 15.0 Å². The number of carbonyl (C=O) groups excluding carboxylic acids is 1. The van der Waals surface area contributed by atoms with Gasteiger partial charge in [0.2, 0.25) is 5.91 Å². The molecule has 0 bridgehead atoms. The summed E-state index contributed by atoms with van der Waals surface area (Å²) in [5, 5.41) is 2.78. The van der Waals surface area contributed by atoms with Gasteiger partial charge in [0, 0.05) is 32.8 Å². The van der Waals surface area contributed by atoms with Crippen molar-refractivity contribution in [3.05, 3.63) is 23.9 Å². The van der Waals surface area contributed by atoms with Gasteiger partial charge in [0.1, 0.15) is 5.82 Å². The molecule has 5 nitrogen and oxygen atoms in total. The van der Waals surface area contributed by atoms with Crippen LogP contribution in [0.5, 0.6) is 0 Å². The second kappa shape index (κ2) is 5.63. The van der Waals surface area contributed by atoms with E-state index in [1.807, 2.05) is 12.1 Å². The number of pyridine rings is 1. The van der Waals surface area contributed by atoms with Gasteiger partial charge in [0.15, 0.2) is 0 Å². The number of morpholine rings is 1. The van der Waals surface area contributed by atoms with E-state index in [4.69, 9.17) is 4.74 Å². The molecule has 1 aromatic rings. The van der Waals surface area contributed by atoms with Crippen molar-refractivity contribution in [2.75, 3.05) is 31.2 Å². The Kier molecular flexibility index (Phi) is 3.93. The van der Waals surface area contributed by atoms with Gasteiger partial charge in [-0.05, 0) is 17.7 Å². The van der Waals surface area contributed by atoms with Crippen LogP contribution in [0.15, 0.2) is 18.3 Å². The molecule has 1 fully saturated rings. The summed E-state index contributed by atoms with van der Waals surface area (Å²) in [6.45, 7) is 5.31. The fraction of sp³-hybridized carbons (Fsp3) is 0.500. The van der Waals surface area contributed by atoms with Gasteiger partial charge in [0.05, 0.1) is 13.2 Å². The molecule has 1 amide bonds. The molecule has 1 aliphatic rings. The summed E-state index contributed by atoms with van der Waals surface area (Å²) < 4.78 is 5.30. The quantitative estimate of drug-likeness (QED) is 0.831. The molecule has 0 saturated carbocycles. The lowest BCUT2D eigenvalue weighted by molar-refractivity contribution is -0.119. The first-order chi connectivity index (χ1) is 8.25. The number of nitrogens with one attached hydrogen (secondary N) is 1. The largest absolute Gasteiger partial charge is 0.378 e. The topological polar surface area (TPSA) is 54.5 Å². The first kappa shape index (κ1) is 11.9. The van der Waals surface area contributed by atoms with E-state index in [9.17, 15) is 4.79 Å². The Morgan fingerprint density at radius 2 is 2.29 bits per heavy atom. The number of carbonyl (C=O) groups is 1. The highest BCUT2D eigenvalue weighted by atomic mass is 16.5. The van der Waals surface area contributed by atoms with E-state index >= 15 is 0 Å². The van der Waals surface area contributed by atoms with E-state index in [1.54, 1.807) is 6.20 Å². The van der Waals surface area contributed by atoms with Gasteiger partial charge >= 0.3 is 0 Å². The van der Waals surface area contributed by atoms with E-state index in [0.29, 0.717) is 6.54 Å². The van der Waals surface area contributed by atoms with E-state index in [0.717, 1.165) is 37.7 Å². The maximum absolute atomic E-state index is 10.8. The number of amides is 1. The summed E-state index contributed by atoms with van der Waals surface area (Å²) in [5.41, 5.74) is 1.07. The lowest BCUT2D eigenvalue weighted by Gasteiger charge is -2.28. The van der Waals surface area contributed by atoms with Crippen LogP contribution in [0.4, 0.5) is 5.82 Å². The lowest BCUT2D eigenvalue weighted by Crippen LogP contribution is -2.36. The summed E-state index contributed by atoms with van der Waals surface area (Å²) in [6, 6.07) is 3.93. The Hall–Kier alpha value is -1.62. The molecule has 17 heavy (non-hydrogen) atoms. The summed E-state index contributed by atoms with van der Waals surface area (Å²) >= 11 is 0. The predicted molar refractivity (Wildman–Crippen MR) is 64.8 cm³/mol. The minimum Gasteiger partial charge on any atom is -0.378 e. The fourth-order valence-corrected chi connectivity index (χ4v) is 1.76. The minimum absolute atomic E-state index is 0.0188. The van der Waals surface area contributed by atoms with Crippen molar-refractivity contribution in [2.24, 2.45) is 0 Å². The van der Waals surface area contributed by atoms with Crippen LogP contribution >= 0.6 is 0 Å². The molecule has 1 saturated heterocycles. The Balaban J connectivity index is 2.02. The smallest absolute Gasteiger partial charge is 0.217 e. The zero-order chi connectivity index (χ0) is 12.1. The van der Waals surface area contributed by atoms with Crippen molar-refractivity contribution < 1.29 is 9.53 Å². The highest BCUT2D eigenvalue weighted by molar-refractivity contribution is 5.72. The molecular formula is C12H17N3O2. The van der Waals surface area contributed by atoms with Gasteiger partial charge in [-0.2, -0.15) is 0 Å². The molecule has 0 spiro atoms. The molecular weight excluding hydrogens is 218 g/mol. The van der Waals surface area contributed by atoms with Gasteiger partial charge in [-0.3, -0.25) is 4.79 Å². The lowest BCUT2D eigenvalue weighted by atomic mass is 10.2. The molecule has 2 rings (SSSR count). The SMILES string of the molecule is CC(=O)NCc1ccnc(N2CCOCC2)c1. The van der Waals surface area contributed by atoms with E-state index in [-0.39, 0.29) is 5.91 Å². The van der Waals surface area contributed by atoms with Gasteiger partial charge in [-0.25, -0.2) is 4.98 Å². The molecule has 5 heteroatoms. The van der Waals surface area contributed by atoms with Crippen molar-refractivity contribution in [1.29, 1.82) is 0 Å². The maximum atomic E-state index is 10.8.